The zero-order chi connectivity index (χ0) is 15.1. The number of H-pyrrole nitrogens is 1. The fourth-order valence-electron chi connectivity index (χ4n) is 2.04. The molecule has 0 fully saturated rings. The van der Waals surface area contributed by atoms with Gasteiger partial charge < -0.3 is 10.1 Å². The van der Waals surface area contributed by atoms with Crippen LogP contribution in [0.1, 0.15) is 31.7 Å². The molecule has 0 atom stereocenters. The lowest BCUT2D eigenvalue weighted by Gasteiger charge is -1.99. The van der Waals surface area contributed by atoms with E-state index < -0.39 is 0 Å². The average molecular weight is 287 g/mol. The van der Waals surface area contributed by atoms with E-state index in [9.17, 15) is 5.11 Å². The predicted octanol–water partition coefficient (Wildman–Crippen LogP) is 2.30. The van der Waals surface area contributed by atoms with E-state index >= 15 is 0 Å². The Labute approximate surface area is 123 Å². The highest BCUT2D eigenvalue weighted by Gasteiger charge is 2.02. The summed E-state index contributed by atoms with van der Waals surface area (Å²) >= 11 is 0. The number of aromatic nitrogens is 1. The lowest BCUT2D eigenvalue weighted by atomic mass is 10.2. The zero-order valence-electron chi connectivity index (χ0n) is 12.1. The molecular formula is C15H21N5O. The van der Waals surface area contributed by atoms with Gasteiger partial charge in [0.05, 0.1) is 0 Å². The Morgan fingerprint density at radius 1 is 1.43 bits per heavy atom. The Hall–Kier alpha value is -2.34. The van der Waals surface area contributed by atoms with E-state index in [1.54, 1.807) is 18.3 Å². The topological polar surface area (TPSA) is 98.8 Å². The molecule has 21 heavy (non-hydrogen) atoms. The standard InChI is InChI=1S/C15H21N5O/c1-2-3-4-7-17-15(20-16)19-10-11-9-18-14-6-5-12(21)8-13(11)14/h5-6,8-10,18,21H,2-4,7,16H2,1H3,(H,17,20)/b19-10-. The summed E-state index contributed by atoms with van der Waals surface area (Å²) in [5.74, 6) is 6.05. The first kappa shape index (κ1) is 15.1. The molecule has 1 aromatic heterocycles. The lowest BCUT2D eigenvalue weighted by molar-refractivity contribution is 0.476. The third kappa shape index (κ3) is 4.06. The molecule has 0 aliphatic rings. The third-order valence-corrected chi connectivity index (χ3v) is 3.18. The van der Waals surface area contributed by atoms with E-state index in [-0.39, 0.29) is 5.75 Å². The van der Waals surface area contributed by atoms with E-state index in [1.165, 1.54) is 0 Å². The zero-order valence-corrected chi connectivity index (χ0v) is 12.1. The van der Waals surface area contributed by atoms with Crippen LogP contribution in [0.25, 0.3) is 10.9 Å². The van der Waals surface area contributed by atoms with Crippen molar-refractivity contribution in [2.24, 2.45) is 15.8 Å². The number of phenolic OH excluding ortho intramolecular Hbond substituents is 1. The molecule has 2 aromatic rings. The SMILES string of the molecule is CCCCCN=C(/N=C\c1c[nH]c2ccc(O)cc12)NN. The fraction of sp³-hybridized carbons (Fsp3) is 0.333. The summed E-state index contributed by atoms with van der Waals surface area (Å²) in [6, 6.07) is 5.16. The van der Waals surface area contributed by atoms with Crippen LogP contribution in [0.3, 0.4) is 0 Å². The first-order chi connectivity index (χ1) is 10.2. The van der Waals surface area contributed by atoms with Crippen molar-refractivity contribution >= 4 is 23.1 Å². The predicted molar refractivity (Wildman–Crippen MR) is 86.7 cm³/mol. The van der Waals surface area contributed by atoms with Crippen LogP contribution >= 0.6 is 0 Å². The van der Waals surface area contributed by atoms with Gasteiger partial charge in [0.1, 0.15) is 5.75 Å². The van der Waals surface area contributed by atoms with Crippen molar-refractivity contribution in [3.05, 3.63) is 30.0 Å². The summed E-state index contributed by atoms with van der Waals surface area (Å²) in [4.78, 5) is 11.7. The smallest absolute Gasteiger partial charge is 0.232 e. The van der Waals surface area contributed by atoms with Crippen LogP contribution in [0, 0.1) is 0 Å². The number of hydrazine groups is 1. The molecule has 6 heteroatoms. The summed E-state index contributed by atoms with van der Waals surface area (Å²) in [5.41, 5.74) is 4.31. The van der Waals surface area contributed by atoms with Crippen LogP contribution in [0.5, 0.6) is 5.75 Å². The van der Waals surface area contributed by atoms with Crippen molar-refractivity contribution in [2.75, 3.05) is 6.54 Å². The van der Waals surface area contributed by atoms with Gasteiger partial charge in [-0.3, -0.25) is 10.4 Å². The minimum absolute atomic E-state index is 0.224. The molecule has 1 heterocycles. The Morgan fingerprint density at radius 2 is 2.29 bits per heavy atom. The Morgan fingerprint density at radius 3 is 3.05 bits per heavy atom. The van der Waals surface area contributed by atoms with Gasteiger partial charge in [-0.1, -0.05) is 19.8 Å². The summed E-state index contributed by atoms with van der Waals surface area (Å²) < 4.78 is 0. The maximum absolute atomic E-state index is 9.55. The van der Waals surface area contributed by atoms with Gasteiger partial charge >= 0.3 is 0 Å². The molecule has 0 amide bonds. The lowest BCUT2D eigenvalue weighted by Crippen LogP contribution is -2.29. The van der Waals surface area contributed by atoms with Gasteiger partial charge in [0, 0.05) is 35.4 Å². The minimum Gasteiger partial charge on any atom is -0.508 e. The number of hydrogen-bond acceptors (Lipinski definition) is 3. The van der Waals surface area contributed by atoms with Gasteiger partial charge in [0.2, 0.25) is 5.96 Å². The van der Waals surface area contributed by atoms with E-state index in [2.05, 4.69) is 27.3 Å². The molecule has 0 saturated heterocycles. The summed E-state index contributed by atoms with van der Waals surface area (Å²) in [6.45, 7) is 2.86. The molecule has 0 saturated carbocycles. The van der Waals surface area contributed by atoms with Gasteiger partial charge in [-0.25, -0.2) is 10.8 Å². The van der Waals surface area contributed by atoms with Crippen molar-refractivity contribution in [3.63, 3.8) is 0 Å². The quantitative estimate of drug-likeness (QED) is 0.223. The van der Waals surface area contributed by atoms with Crippen LogP contribution < -0.4 is 11.3 Å². The number of rotatable bonds is 5. The van der Waals surface area contributed by atoms with E-state index in [0.717, 1.165) is 35.7 Å². The van der Waals surface area contributed by atoms with Crippen molar-refractivity contribution in [2.45, 2.75) is 26.2 Å². The molecule has 0 radical (unpaired) electrons. The van der Waals surface area contributed by atoms with Gasteiger partial charge in [-0.15, -0.1) is 0 Å². The molecule has 0 unspecified atom stereocenters. The Bertz CT molecular complexity index is 645. The van der Waals surface area contributed by atoms with Gasteiger partial charge in [0.15, 0.2) is 0 Å². The van der Waals surface area contributed by atoms with Crippen molar-refractivity contribution in [1.29, 1.82) is 0 Å². The highest BCUT2D eigenvalue weighted by Crippen LogP contribution is 2.21. The first-order valence-corrected chi connectivity index (χ1v) is 7.10. The molecule has 0 aliphatic carbocycles. The highest BCUT2D eigenvalue weighted by atomic mass is 16.3. The Balaban J connectivity index is 2.12. The summed E-state index contributed by atoms with van der Waals surface area (Å²) in [6.07, 6.45) is 6.84. The number of aromatic amines is 1. The molecule has 2 rings (SSSR count). The monoisotopic (exact) mass is 287 g/mol. The fourth-order valence-corrected chi connectivity index (χ4v) is 2.04. The van der Waals surface area contributed by atoms with E-state index in [4.69, 9.17) is 5.84 Å². The van der Waals surface area contributed by atoms with Crippen LogP contribution in [-0.4, -0.2) is 28.8 Å². The van der Waals surface area contributed by atoms with Crippen LogP contribution in [0.15, 0.2) is 34.4 Å². The summed E-state index contributed by atoms with van der Waals surface area (Å²) in [7, 11) is 0. The molecule has 5 N–H and O–H groups in total. The van der Waals surface area contributed by atoms with Crippen LogP contribution in [0.4, 0.5) is 0 Å². The van der Waals surface area contributed by atoms with Crippen molar-refractivity contribution in [3.8, 4) is 5.75 Å². The molecule has 6 nitrogen and oxygen atoms in total. The number of hydrogen-bond donors (Lipinski definition) is 4. The number of fused-ring (bicyclic) bond motifs is 1. The number of benzene rings is 1. The Kier molecular flexibility index (Phi) is 5.34. The second kappa shape index (κ2) is 7.44. The third-order valence-electron chi connectivity index (χ3n) is 3.18. The van der Waals surface area contributed by atoms with Crippen molar-refractivity contribution < 1.29 is 5.11 Å². The highest BCUT2D eigenvalue weighted by molar-refractivity contribution is 6.03. The maximum Gasteiger partial charge on any atom is 0.232 e. The number of guanidine groups is 1. The molecule has 0 bridgehead atoms. The van der Waals surface area contributed by atoms with Gasteiger partial charge in [0.25, 0.3) is 0 Å². The molecule has 0 spiro atoms. The number of phenols is 1. The molecule has 112 valence electrons. The van der Waals surface area contributed by atoms with Gasteiger partial charge in [-0.2, -0.15) is 0 Å². The second-order valence-corrected chi connectivity index (χ2v) is 4.79. The number of unbranched alkanes of at least 4 members (excludes halogenated alkanes) is 2. The number of nitrogens with zero attached hydrogens (tertiary/aromatic N) is 2. The largest absolute Gasteiger partial charge is 0.508 e. The number of nitrogens with one attached hydrogen (secondary N) is 2. The van der Waals surface area contributed by atoms with Crippen LogP contribution in [-0.2, 0) is 0 Å². The summed E-state index contributed by atoms with van der Waals surface area (Å²) in [5, 5.41) is 10.5. The number of nitrogens with two attached hydrogens (primary N) is 1. The van der Waals surface area contributed by atoms with E-state index in [1.807, 2.05) is 12.3 Å². The molecule has 0 aliphatic heterocycles. The minimum atomic E-state index is 0.224. The van der Waals surface area contributed by atoms with Gasteiger partial charge in [-0.05, 0) is 24.6 Å². The number of aromatic hydroxyl groups is 1. The molecular weight excluding hydrogens is 266 g/mol. The second-order valence-electron chi connectivity index (χ2n) is 4.79. The van der Waals surface area contributed by atoms with Crippen molar-refractivity contribution in [1.82, 2.24) is 10.4 Å². The average Bonchev–Trinajstić information content (AvgIpc) is 2.89. The maximum atomic E-state index is 9.55. The normalized spacial score (nSPS) is 12.4. The number of aliphatic imine (C=N–C) groups is 2. The van der Waals surface area contributed by atoms with Crippen LogP contribution in [0.2, 0.25) is 0 Å². The van der Waals surface area contributed by atoms with E-state index in [0.29, 0.717) is 12.5 Å². The first-order valence-electron chi connectivity index (χ1n) is 7.10. The molecule has 1 aromatic carbocycles.